The maximum atomic E-state index is 13.1. The van der Waals surface area contributed by atoms with E-state index in [2.05, 4.69) is 21.4 Å². The second kappa shape index (κ2) is 8.07. The summed E-state index contributed by atoms with van der Waals surface area (Å²) in [5.41, 5.74) is 3.76. The number of amides is 1. The van der Waals surface area contributed by atoms with Crippen LogP contribution >= 0.6 is 34.7 Å². The van der Waals surface area contributed by atoms with Gasteiger partial charge in [-0.1, -0.05) is 45.9 Å². The summed E-state index contributed by atoms with van der Waals surface area (Å²) >= 11 is 13.3. The van der Waals surface area contributed by atoms with E-state index in [4.69, 9.17) is 23.2 Å². The van der Waals surface area contributed by atoms with Crippen LogP contribution in [0.4, 0.5) is 5.69 Å². The average molecular weight is 433 g/mol. The van der Waals surface area contributed by atoms with Crippen molar-refractivity contribution >= 4 is 46.3 Å². The molecule has 0 N–H and O–H groups in total. The Morgan fingerprint density at radius 3 is 2.39 bits per heavy atom. The van der Waals surface area contributed by atoms with Crippen molar-refractivity contribution in [3.63, 3.8) is 0 Å². The van der Waals surface area contributed by atoms with Gasteiger partial charge in [0.25, 0.3) is 5.91 Å². The molecule has 2 heterocycles. The highest BCUT2D eigenvalue weighted by Gasteiger charge is 2.27. The molecule has 3 aromatic rings. The van der Waals surface area contributed by atoms with Crippen LogP contribution in [-0.4, -0.2) is 46.6 Å². The van der Waals surface area contributed by atoms with Crippen LogP contribution in [0.3, 0.4) is 0 Å². The van der Waals surface area contributed by atoms with E-state index in [1.54, 1.807) is 12.1 Å². The lowest BCUT2D eigenvalue weighted by Gasteiger charge is -2.36. The molecule has 0 radical (unpaired) electrons. The lowest BCUT2D eigenvalue weighted by molar-refractivity contribution is 0.0752. The molecule has 1 amide bonds. The minimum absolute atomic E-state index is 0.0255. The van der Waals surface area contributed by atoms with Crippen molar-refractivity contribution in [1.82, 2.24) is 14.5 Å². The number of carbonyl (C=O) groups excluding carboxylic acids is 1. The molecule has 28 heavy (non-hydrogen) atoms. The molecule has 2 aromatic carbocycles. The standard InChI is InChI=1S/C20H18Cl2N4OS/c1-13-2-5-16(22)12-17(13)25-8-10-26(11-9-25)20(27)19-18(23-24-28-19)14-3-6-15(21)7-4-14/h2-7,12H,8-11H2,1H3. The van der Waals surface area contributed by atoms with Crippen molar-refractivity contribution in [2.24, 2.45) is 0 Å². The lowest BCUT2D eigenvalue weighted by Crippen LogP contribution is -2.49. The molecule has 4 rings (SSSR count). The SMILES string of the molecule is Cc1ccc(Cl)cc1N1CCN(C(=O)c2snnc2-c2ccc(Cl)cc2)CC1. The Balaban J connectivity index is 1.49. The lowest BCUT2D eigenvalue weighted by atomic mass is 10.1. The summed E-state index contributed by atoms with van der Waals surface area (Å²) in [6, 6.07) is 13.2. The summed E-state index contributed by atoms with van der Waals surface area (Å²) in [6.45, 7) is 4.88. The smallest absolute Gasteiger partial charge is 0.268 e. The summed E-state index contributed by atoms with van der Waals surface area (Å²) in [5, 5.41) is 5.54. The quantitative estimate of drug-likeness (QED) is 0.597. The molecule has 0 bridgehead atoms. The first-order chi connectivity index (χ1) is 13.5. The topological polar surface area (TPSA) is 49.3 Å². The van der Waals surface area contributed by atoms with Crippen LogP contribution in [0.15, 0.2) is 42.5 Å². The number of rotatable bonds is 3. The summed E-state index contributed by atoms with van der Waals surface area (Å²) in [6.07, 6.45) is 0. The summed E-state index contributed by atoms with van der Waals surface area (Å²) < 4.78 is 4.01. The molecule has 8 heteroatoms. The van der Waals surface area contributed by atoms with E-state index in [9.17, 15) is 4.79 Å². The average Bonchev–Trinajstić information content (AvgIpc) is 3.20. The Hall–Kier alpha value is -2.15. The van der Waals surface area contributed by atoms with Crippen molar-refractivity contribution in [2.75, 3.05) is 31.1 Å². The van der Waals surface area contributed by atoms with Crippen LogP contribution < -0.4 is 4.90 Å². The molecule has 0 unspecified atom stereocenters. The predicted molar refractivity (Wildman–Crippen MR) is 115 cm³/mol. The summed E-state index contributed by atoms with van der Waals surface area (Å²) in [5.74, 6) is -0.0255. The van der Waals surface area contributed by atoms with E-state index in [1.807, 2.05) is 35.2 Å². The van der Waals surface area contributed by atoms with Crippen LogP contribution in [0.1, 0.15) is 15.2 Å². The Bertz CT molecular complexity index is 998. The fraction of sp³-hybridized carbons (Fsp3) is 0.250. The molecule has 1 aliphatic heterocycles. The molecule has 0 saturated carbocycles. The van der Waals surface area contributed by atoms with Gasteiger partial charge in [-0.3, -0.25) is 4.79 Å². The van der Waals surface area contributed by atoms with Crippen LogP contribution in [0.25, 0.3) is 11.3 Å². The summed E-state index contributed by atoms with van der Waals surface area (Å²) in [4.78, 5) is 17.8. The van der Waals surface area contributed by atoms with E-state index in [0.29, 0.717) is 28.7 Å². The van der Waals surface area contributed by atoms with Gasteiger partial charge in [-0.15, -0.1) is 5.10 Å². The highest BCUT2D eigenvalue weighted by Crippen LogP contribution is 2.28. The molecule has 1 saturated heterocycles. The van der Waals surface area contributed by atoms with Gasteiger partial charge in [-0.2, -0.15) is 0 Å². The highest BCUT2D eigenvalue weighted by atomic mass is 35.5. The second-order valence-electron chi connectivity index (χ2n) is 6.67. The van der Waals surface area contributed by atoms with Crippen molar-refractivity contribution in [3.8, 4) is 11.3 Å². The number of anilines is 1. The second-order valence-corrected chi connectivity index (χ2v) is 8.29. The Kier molecular flexibility index (Phi) is 5.53. The van der Waals surface area contributed by atoms with Crippen molar-refractivity contribution < 1.29 is 4.79 Å². The van der Waals surface area contributed by atoms with Crippen LogP contribution in [0.2, 0.25) is 10.0 Å². The van der Waals surface area contributed by atoms with Gasteiger partial charge in [-0.25, -0.2) is 0 Å². The first-order valence-electron chi connectivity index (χ1n) is 8.91. The van der Waals surface area contributed by atoms with E-state index >= 15 is 0 Å². The third-order valence-electron chi connectivity index (χ3n) is 4.88. The monoisotopic (exact) mass is 432 g/mol. The van der Waals surface area contributed by atoms with E-state index < -0.39 is 0 Å². The molecule has 0 spiro atoms. The molecular formula is C20H18Cl2N4OS. The Morgan fingerprint density at radius 1 is 1.00 bits per heavy atom. The molecule has 5 nitrogen and oxygen atoms in total. The van der Waals surface area contributed by atoms with Crippen LogP contribution in [0, 0.1) is 6.92 Å². The zero-order valence-electron chi connectivity index (χ0n) is 15.2. The van der Waals surface area contributed by atoms with Gasteiger partial charge in [-0.05, 0) is 48.3 Å². The first-order valence-corrected chi connectivity index (χ1v) is 10.4. The summed E-state index contributed by atoms with van der Waals surface area (Å²) in [7, 11) is 0. The number of carbonyl (C=O) groups is 1. The van der Waals surface area contributed by atoms with E-state index in [0.717, 1.165) is 40.9 Å². The van der Waals surface area contributed by atoms with Gasteiger partial charge in [0, 0.05) is 47.5 Å². The highest BCUT2D eigenvalue weighted by molar-refractivity contribution is 7.08. The van der Waals surface area contributed by atoms with Gasteiger partial charge < -0.3 is 9.80 Å². The largest absolute Gasteiger partial charge is 0.368 e. The van der Waals surface area contributed by atoms with Crippen LogP contribution in [-0.2, 0) is 0 Å². The maximum Gasteiger partial charge on any atom is 0.268 e. The first kappa shape index (κ1) is 19.2. The van der Waals surface area contributed by atoms with Crippen molar-refractivity contribution in [2.45, 2.75) is 6.92 Å². The van der Waals surface area contributed by atoms with Gasteiger partial charge in [0.1, 0.15) is 10.6 Å². The molecule has 0 atom stereocenters. The number of aryl methyl sites for hydroxylation is 1. The zero-order valence-corrected chi connectivity index (χ0v) is 17.6. The number of hydrogen-bond donors (Lipinski definition) is 0. The van der Waals surface area contributed by atoms with Crippen LogP contribution in [0.5, 0.6) is 0 Å². The normalized spacial score (nSPS) is 14.4. The van der Waals surface area contributed by atoms with Gasteiger partial charge in [0.05, 0.1) is 0 Å². The minimum atomic E-state index is -0.0255. The zero-order chi connectivity index (χ0) is 19.7. The number of halogens is 2. The van der Waals surface area contributed by atoms with E-state index in [-0.39, 0.29) is 5.91 Å². The minimum Gasteiger partial charge on any atom is -0.368 e. The molecule has 1 aliphatic rings. The number of hydrogen-bond acceptors (Lipinski definition) is 5. The third kappa shape index (κ3) is 3.85. The van der Waals surface area contributed by atoms with Gasteiger partial charge in [0.15, 0.2) is 0 Å². The molecule has 144 valence electrons. The fourth-order valence-corrected chi connectivity index (χ4v) is 4.29. The predicted octanol–water partition coefficient (Wildman–Crippen LogP) is 4.78. The number of aromatic nitrogens is 2. The van der Waals surface area contributed by atoms with Crippen molar-refractivity contribution in [3.05, 3.63) is 63.0 Å². The maximum absolute atomic E-state index is 13.1. The van der Waals surface area contributed by atoms with E-state index in [1.165, 1.54) is 5.56 Å². The number of benzene rings is 2. The molecule has 0 aliphatic carbocycles. The molecule has 1 fully saturated rings. The molecule has 1 aromatic heterocycles. The van der Waals surface area contributed by atoms with Crippen molar-refractivity contribution in [1.29, 1.82) is 0 Å². The third-order valence-corrected chi connectivity index (χ3v) is 6.08. The Morgan fingerprint density at radius 2 is 1.68 bits per heavy atom. The Labute approximate surface area is 177 Å². The number of piperazine rings is 1. The molecular weight excluding hydrogens is 415 g/mol. The van der Waals surface area contributed by atoms with Gasteiger partial charge >= 0.3 is 0 Å². The fourth-order valence-electron chi connectivity index (χ4n) is 3.34. The number of nitrogens with zero attached hydrogens (tertiary/aromatic N) is 4. The van der Waals surface area contributed by atoms with Gasteiger partial charge in [0.2, 0.25) is 0 Å².